The van der Waals surface area contributed by atoms with Crippen molar-refractivity contribution in [2.24, 2.45) is 5.73 Å². The highest BCUT2D eigenvalue weighted by molar-refractivity contribution is 7.07. The summed E-state index contributed by atoms with van der Waals surface area (Å²) in [4.78, 5) is 40.3. The third-order valence-corrected chi connectivity index (χ3v) is 7.89. The minimum atomic E-state index is -1.09. The SMILES string of the molecule is CCOC(=O)C1=C(N)n2c(s/c(=C\c3ccc(Cl)cc3Cl)c2=O)=C(C(=O)OCC)C1c1ccc(Cl)cc1Cl. The average molecular weight is 614 g/mol. The van der Waals surface area contributed by atoms with E-state index in [1.165, 1.54) is 6.07 Å². The van der Waals surface area contributed by atoms with Crippen LogP contribution in [0.3, 0.4) is 0 Å². The van der Waals surface area contributed by atoms with Crippen LogP contribution in [0.25, 0.3) is 17.5 Å². The summed E-state index contributed by atoms with van der Waals surface area (Å²) in [6.07, 6.45) is 1.56. The Bertz CT molecular complexity index is 1680. The first kappa shape index (κ1) is 28.3. The molecule has 12 heteroatoms. The zero-order chi connectivity index (χ0) is 27.7. The highest BCUT2D eigenvalue weighted by atomic mass is 35.5. The smallest absolute Gasteiger partial charge is 0.338 e. The predicted molar refractivity (Wildman–Crippen MR) is 151 cm³/mol. The number of fused-ring (bicyclic) bond motifs is 1. The molecule has 0 spiro atoms. The fraction of sp³-hybridized carbons (Fsp3) is 0.192. The number of esters is 2. The number of hydrogen-bond donors (Lipinski definition) is 1. The molecule has 7 nitrogen and oxygen atoms in total. The van der Waals surface area contributed by atoms with Crippen molar-refractivity contribution in [3.05, 3.63) is 92.7 Å². The Labute approximate surface area is 241 Å². The number of carbonyl (C=O) groups is 2. The molecular formula is C26H20Cl4N2O5S. The average Bonchev–Trinajstić information content (AvgIpc) is 3.17. The van der Waals surface area contributed by atoms with Gasteiger partial charge in [0.1, 0.15) is 10.5 Å². The minimum Gasteiger partial charge on any atom is -0.463 e. The number of ether oxygens (including phenoxy) is 2. The monoisotopic (exact) mass is 612 g/mol. The van der Waals surface area contributed by atoms with E-state index in [-0.39, 0.29) is 44.4 Å². The predicted octanol–water partition coefficient (Wildman–Crippen LogP) is 4.55. The second-order valence-corrected chi connectivity index (χ2v) is 10.7. The maximum atomic E-state index is 13.6. The number of hydrogen-bond acceptors (Lipinski definition) is 7. The molecule has 1 unspecified atom stereocenters. The van der Waals surface area contributed by atoms with Crippen LogP contribution in [0, 0.1) is 0 Å². The number of thiazole rings is 1. The lowest BCUT2D eigenvalue weighted by atomic mass is 9.83. The Morgan fingerprint density at radius 2 is 1.53 bits per heavy atom. The Kier molecular flexibility index (Phi) is 8.59. The van der Waals surface area contributed by atoms with Gasteiger partial charge in [-0.05, 0) is 55.3 Å². The molecule has 0 saturated carbocycles. The third kappa shape index (κ3) is 5.24. The van der Waals surface area contributed by atoms with E-state index in [1.54, 1.807) is 50.3 Å². The number of nitrogens with two attached hydrogens (primary N) is 1. The van der Waals surface area contributed by atoms with Gasteiger partial charge < -0.3 is 15.2 Å². The standard InChI is InChI=1S/C26H20Cl4N2O5S/c1-3-36-25(34)20-19(15-8-7-14(28)11-17(15)30)21(26(35)37-4-2)24-32(22(20)31)23(33)18(38-24)9-12-5-6-13(27)10-16(12)29/h5-11,19H,3-4,31H2,1-2H3/b18-9-. The molecule has 3 aromatic rings. The summed E-state index contributed by atoms with van der Waals surface area (Å²) in [6, 6.07) is 9.47. The van der Waals surface area contributed by atoms with Gasteiger partial charge in [0.25, 0.3) is 5.56 Å². The molecule has 4 rings (SSSR count). The number of aromatic nitrogens is 1. The van der Waals surface area contributed by atoms with Gasteiger partial charge >= 0.3 is 11.9 Å². The topological polar surface area (TPSA) is 101 Å². The molecular weight excluding hydrogens is 594 g/mol. The van der Waals surface area contributed by atoms with E-state index in [2.05, 4.69) is 0 Å². The van der Waals surface area contributed by atoms with Gasteiger partial charge in [0.05, 0.1) is 34.8 Å². The Morgan fingerprint density at radius 1 is 0.947 bits per heavy atom. The van der Waals surface area contributed by atoms with Gasteiger partial charge in [-0.2, -0.15) is 0 Å². The summed E-state index contributed by atoms with van der Waals surface area (Å²) >= 11 is 26.0. The minimum absolute atomic E-state index is 0.0114. The zero-order valence-electron chi connectivity index (χ0n) is 20.0. The molecule has 2 heterocycles. The number of rotatable bonds is 6. The van der Waals surface area contributed by atoms with Crippen LogP contribution in [0.15, 0.2) is 46.8 Å². The van der Waals surface area contributed by atoms with Crippen molar-refractivity contribution >= 4 is 87.1 Å². The highest BCUT2D eigenvalue weighted by Crippen LogP contribution is 2.41. The molecule has 198 valence electrons. The maximum Gasteiger partial charge on any atom is 0.338 e. The fourth-order valence-electron chi connectivity index (χ4n) is 4.07. The Morgan fingerprint density at radius 3 is 2.11 bits per heavy atom. The summed E-state index contributed by atoms with van der Waals surface area (Å²) in [5.74, 6) is -2.84. The normalized spacial score (nSPS) is 15.5. The molecule has 0 amide bonds. The lowest BCUT2D eigenvalue weighted by Crippen LogP contribution is -2.42. The first-order valence-electron chi connectivity index (χ1n) is 11.3. The van der Waals surface area contributed by atoms with Crippen LogP contribution in [0.1, 0.15) is 30.9 Å². The van der Waals surface area contributed by atoms with E-state index in [9.17, 15) is 14.4 Å². The zero-order valence-corrected chi connectivity index (χ0v) is 23.9. The molecule has 1 atom stereocenters. The first-order valence-corrected chi connectivity index (χ1v) is 13.6. The molecule has 0 aliphatic carbocycles. The summed E-state index contributed by atoms with van der Waals surface area (Å²) in [5.41, 5.74) is 6.70. The van der Waals surface area contributed by atoms with Crippen LogP contribution in [-0.2, 0) is 19.1 Å². The molecule has 0 radical (unpaired) electrons. The molecule has 2 N–H and O–H groups in total. The Balaban J connectivity index is 2.15. The molecule has 0 fully saturated rings. The highest BCUT2D eigenvalue weighted by Gasteiger charge is 2.40. The van der Waals surface area contributed by atoms with Crippen LogP contribution in [0.4, 0.5) is 0 Å². The molecule has 1 aromatic heterocycles. The third-order valence-electron chi connectivity index (χ3n) is 5.66. The molecule has 0 bridgehead atoms. The van der Waals surface area contributed by atoms with Crippen molar-refractivity contribution in [1.29, 1.82) is 0 Å². The molecule has 2 aromatic carbocycles. The summed E-state index contributed by atoms with van der Waals surface area (Å²) in [6.45, 7) is 3.35. The van der Waals surface area contributed by atoms with Crippen molar-refractivity contribution < 1.29 is 19.1 Å². The van der Waals surface area contributed by atoms with Crippen molar-refractivity contribution in [1.82, 2.24) is 4.57 Å². The first-order chi connectivity index (χ1) is 18.1. The molecule has 1 aliphatic heterocycles. The molecule has 38 heavy (non-hydrogen) atoms. The van der Waals surface area contributed by atoms with E-state index >= 15 is 0 Å². The van der Waals surface area contributed by atoms with E-state index in [1.807, 2.05) is 0 Å². The van der Waals surface area contributed by atoms with E-state index in [4.69, 9.17) is 61.6 Å². The van der Waals surface area contributed by atoms with Crippen LogP contribution in [0.5, 0.6) is 0 Å². The van der Waals surface area contributed by atoms with Crippen molar-refractivity contribution in [2.75, 3.05) is 13.2 Å². The van der Waals surface area contributed by atoms with E-state index < -0.39 is 23.4 Å². The van der Waals surface area contributed by atoms with Gasteiger partial charge in [-0.15, -0.1) is 11.3 Å². The fourth-order valence-corrected chi connectivity index (χ4v) is 6.21. The van der Waals surface area contributed by atoms with E-state index in [0.29, 0.717) is 26.2 Å². The van der Waals surface area contributed by atoms with Crippen LogP contribution in [-0.4, -0.2) is 29.7 Å². The van der Waals surface area contributed by atoms with Gasteiger partial charge in [0.15, 0.2) is 0 Å². The second-order valence-electron chi connectivity index (χ2n) is 7.97. The van der Waals surface area contributed by atoms with Crippen molar-refractivity contribution in [3.63, 3.8) is 0 Å². The summed E-state index contributed by atoms with van der Waals surface area (Å²) in [5, 5.41) is 1.29. The van der Waals surface area contributed by atoms with Gasteiger partial charge in [-0.1, -0.05) is 58.5 Å². The maximum absolute atomic E-state index is 13.6. The number of carbonyl (C=O) groups excluding carboxylic acids is 2. The quantitative estimate of drug-likeness (QED) is 0.409. The summed E-state index contributed by atoms with van der Waals surface area (Å²) < 4.78 is 12.1. The molecule has 1 aliphatic rings. The summed E-state index contributed by atoms with van der Waals surface area (Å²) in [7, 11) is 0. The second kappa shape index (κ2) is 11.6. The van der Waals surface area contributed by atoms with Gasteiger partial charge in [0, 0.05) is 20.1 Å². The van der Waals surface area contributed by atoms with E-state index in [0.717, 1.165) is 15.9 Å². The van der Waals surface area contributed by atoms with Gasteiger partial charge in [-0.25, -0.2) is 9.59 Å². The van der Waals surface area contributed by atoms with Crippen molar-refractivity contribution in [2.45, 2.75) is 19.8 Å². The van der Waals surface area contributed by atoms with Crippen LogP contribution < -0.4 is 20.5 Å². The number of halogens is 4. The lowest BCUT2D eigenvalue weighted by molar-refractivity contribution is -0.138. The Hall–Kier alpha value is -2.75. The number of nitrogens with zero attached hydrogens (tertiary/aromatic N) is 1. The number of benzene rings is 2. The van der Waals surface area contributed by atoms with Crippen molar-refractivity contribution in [3.8, 4) is 0 Å². The van der Waals surface area contributed by atoms with Crippen LogP contribution in [0.2, 0.25) is 20.1 Å². The van der Waals surface area contributed by atoms with Gasteiger partial charge in [-0.3, -0.25) is 9.36 Å². The van der Waals surface area contributed by atoms with Gasteiger partial charge in [0.2, 0.25) is 0 Å². The lowest BCUT2D eigenvalue weighted by Gasteiger charge is -2.27. The van der Waals surface area contributed by atoms with Crippen LogP contribution >= 0.6 is 57.7 Å². The molecule has 0 saturated heterocycles. The largest absolute Gasteiger partial charge is 0.463 e.